The lowest BCUT2D eigenvalue weighted by molar-refractivity contribution is -0.392. The minimum atomic E-state index is -0.531. The third-order valence-corrected chi connectivity index (χ3v) is 2.95. The molecule has 0 saturated heterocycles. The minimum absolute atomic E-state index is 0.0509. The van der Waals surface area contributed by atoms with E-state index in [1.165, 1.54) is 23.1 Å². The Bertz CT molecular complexity index is 694. The molecule has 10 heteroatoms. The number of hydrogen-bond acceptors (Lipinski definition) is 7. The lowest BCUT2D eigenvalue weighted by atomic mass is 10.4. The van der Waals surface area contributed by atoms with Crippen LogP contribution >= 0.6 is 12.2 Å². The topological polar surface area (TPSA) is 112 Å². The van der Waals surface area contributed by atoms with Crippen molar-refractivity contribution in [2.24, 2.45) is 0 Å². The predicted molar refractivity (Wildman–Crippen MR) is 78.3 cm³/mol. The number of carbonyl (C=O) groups is 1. The van der Waals surface area contributed by atoms with Crippen LogP contribution in [0.25, 0.3) is 0 Å². The maximum absolute atomic E-state index is 11.6. The maximum Gasteiger partial charge on any atom is 0.342 e. The maximum atomic E-state index is 11.6. The monoisotopic (exact) mass is 324 g/mol. The molecule has 0 radical (unpaired) electrons. The molecule has 9 nitrogen and oxygen atoms in total. The number of nitrogens with zero attached hydrogens (tertiary/aromatic N) is 3. The van der Waals surface area contributed by atoms with E-state index in [2.05, 4.69) is 10.3 Å². The van der Waals surface area contributed by atoms with E-state index in [-0.39, 0.29) is 29.9 Å². The number of nitrogens with one attached hydrogen (secondary N) is 1. The summed E-state index contributed by atoms with van der Waals surface area (Å²) < 4.78 is 11.4. The molecule has 0 aliphatic heterocycles. The van der Waals surface area contributed by atoms with E-state index >= 15 is 0 Å². The quantitative estimate of drug-likeness (QED) is 0.503. The Hall–Kier alpha value is -2.75. The van der Waals surface area contributed by atoms with Gasteiger partial charge < -0.3 is 19.3 Å². The highest BCUT2D eigenvalue weighted by atomic mass is 32.1. The number of carbonyl (C=O) groups excluding carboxylic acids is 1. The zero-order valence-corrected chi connectivity index (χ0v) is 12.3. The summed E-state index contributed by atoms with van der Waals surface area (Å²) in [6, 6.07) is 3.05. The fourth-order valence-corrected chi connectivity index (χ4v) is 1.88. The summed E-state index contributed by atoms with van der Waals surface area (Å²) in [5.74, 6) is -0.0701. The van der Waals surface area contributed by atoms with Gasteiger partial charge in [-0.05, 0) is 29.3 Å². The van der Waals surface area contributed by atoms with Gasteiger partial charge in [-0.1, -0.05) is 0 Å². The Balaban J connectivity index is 1.84. The molecule has 2 rings (SSSR count). The number of amides is 1. The van der Waals surface area contributed by atoms with Crippen LogP contribution in [0.15, 0.2) is 29.0 Å². The fraction of sp³-hybridized carbons (Fsp3) is 0.250. The number of ether oxygens (including phenoxy) is 1. The number of furan rings is 1. The van der Waals surface area contributed by atoms with Gasteiger partial charge in [-0.15, -0.1) is 0 Å². The predicted octanol–water partition coefficient (Wildman–Crippen LogP) is 1.42. The average Bonchev–Trinajstić information content (AvgIpc) is 3.09. The third kappa shape index (κ3) is 3.67. The van der Waals surface area contributed by atoms with Crippen LogP contribution in [-0.2, 0) is 11.3 Å². The lowest BCUT2D eigenvalue weighted by Gasteiger charge is -2.07. The number of rotatable bonds is 5. The average molecular weight is 324 g/mol. The van der Waals surface area contributed by atoms with E-state index in [0.717, 1.165) is 0 Å². The van der Waals surface area contributed by atoms with Gasteiger partial charge in [-0.3, -0.25) is 10.1 Å². The smallest absolute Gasteiger partial charge is 0.342 e. The molecule has 1 amide bonds. The Labute approximate surface area is 130 Å². The van der Waals surface area contributed by atoms with Gasteiger partial charge in [0.15, 0.2) is 11.6 Å². The molecule has 0 aromatic carbocycles. The normalized spacial score (nSPS) is 10.2. The zero-order valence-electron chi connectivity index (χ0n) is 11.5. The van der Waals surface area contributed by atoms with Crippen LogP contribution in [0.5, 0.6) is 0 Å². The Morgan fingerprint density at radius 3 is 3.05 bits per heavy atom. The van der Waals surface area contributed by atoms with E-state index in [4.69, 9.17) is 21.4 Å². The van der Waals surface area contributed by atoms with Crippen LogP contribution in [0.4, 0.5) is 5.82 Å². The molecular formula is C12H12N4O5S. The SMILES string of the molecule is Cc1ncc([N+](=O)[O-])n1CCOC(=S)NC(=O)c1ccco1. The first kappa shape index (κ1) is 15.6. The number of nitro groups is 1. The van der Waals surface area contributed by atoms with Gasteiger partial charge in [0.25, 0.3) is 11.1 Å². The summed E-state index contributed by atoms with van der Waals surface area (Å²) in [7, 11) is 0. The summed E-state index contributed by atoms with van der Waals surface area (Å²) >= 11 is 4.86. The fourth-order valence-electron chi connectivity index (χ4n) is 1.71. The highest BCUT2D eigenvalue weighted by Crippen LogP contribution is 2.13. The first-order chi connectivity index (χ1) is 10.5. The second kappa shape index (κ2) is 6.80. The zero-order chi connectivity index (χ0) is 16.1. The summed E-state index contributed by atoms with van der Waals surface area (Å²) in [5, 5.41) is 13.0. The molecule has 0 fully saturated rings. The van der Waals surface area contributed by atoms with Gasteiger partial charge in [-0.25, -0.2) is 9.55 Å². The van der Waals surface area contributed by atoms with Gasteiger partial charge in [0.2, 0.25) is 0 Å². The van der Waals surface area contributed by atoms with Crippen molar-refractivity contribution in [2.45, 2.75) is 13.5 Å². The highest BCUT2D eigenvalue weighted by Gasteiger charge is 2.17. The number of aromatic nitrogens is 2. The van der Waals surface area contributed by atoms with Crippen molar-refractivity contribution in [1.82, 2.24) is 14.9 Å². The number of imidazole rings is 1. The number of hydrogen-bond donors (Lipinski definition) is 1. The van der Waals surface area contributed by atoms with Crippen molar-refractivity contribution in [3.8, 4) is 0 Å². The summed E-state index contributed by atoms with van der Waals surface area (Å²) in [6.07, 6.45) is 2.53. The molecule has 0 atom stereocenters. The first-order valence-corrected chi connectivity index (χ1v) is 6.58. The van der Waals surface area contributed by atoms with Crippen LogP contribution in [0.2, 0.25) is 0 Å². The minimum Gasteiger partial charge on any atom is -0.467 e. The molecule has 0 spiro atoms. The Morgan fingerprint density at radius 2 is 2.41 bits per heavy atom. The Kier molecular flexibility index (Phi) is 4.84. The summed E-state index contributed by atoms with van der Waals surface area (Å²) in [6.45, 7) is 1.87. The molecule has 0 aliphatic rings. The molecule has 0 unspecified atom stereocenters. The molecule has 2 heterocycles. The standard InChI is InChI=1S/C12H12N4O5S/c1-8-13-7-10(16(18)19)15(8)4-6-21-12(22)14-11(17)9-3-2-5-20-9/h2-3,5,7H,4,6H2,1H3,(H,14,17,22). The molecule has 2 aromatic heterocycles. The van der Waals surface area contributed by atoms with Crippen LogP contribution < -0.4 is 5.32 Å². The van der Waals surface area contributed by atoms with E-state index in [9.17, 15) is 14.9 Å². The van der Waals surface area contributed by atoms with E-state index < -0.39 is 10.8 Å². The van der Waals surface area contributed by atoms with Gasteiger partial charge in [0.05, 0.1) is 6.26 Å². The van der Waals surface area contributed by atoms with Crippen molar-refractivity contribution >= 4 is 29.1 Å². The van der Waals surface area contributed by atoms with Gasteiger partial charge >= 0.3 is 5.82 Å². The molecule has 0 aliphatic carbocycles. The molecule has 22 heavy (non-hydrogen) atoms. The summed E-state index contributed by atoms with van der Waals surface area (Å²) in [4.78, 5) is 25.8. The van der Waals surface area contributed by atoms with Crippen molar-refractivity contribution in [2.75, 3.05) is 6.61 Å². The Morgan fingerprint density at radius 1 is 1.64 bits per heavy atom. The molecule has 0 bridgehead atoms. The van der Waals surface area contributed by atoms with Crippen molar-refractivity contribution in [3.63, 3.8) is 0 Å². The highest BCUT2D eigenvalue weighted by molar-refractivity contribution is 7.80. The van der Waals surface area contributed by atoms with Crippen LogP contribution in [0, 0.1) is 17.0 Å². The van der Waals surface area contributed by atoms with Gasteiger partial charge in [-0.2, -0.15) is 0 Å². The van der Waals surface area contributed by atoms with Gasteiger partial charge in [0.1, 0.15) is 19.3 Å². The van der Waals surface area contributed by atoms with Crippen molar-refractivity contribution < 1.29 is 18.9 Å². The van der Waals surface area contributed by atoms with Gasteiger partial charge in [0, 0.05) is 6.92 Å². The second-order valence-electron chi connectivity index (χ2n) is 4.14. The van der Waals surface area contributed by atoms with Crippen molar-refractivity contribution in [1.29, 1.82) is 0 Å². The first-order valence-electron chi connectivity index (χ1n) is 6.17. The number of aryl methyl sites for hydroxylation is 1. The third-order valence-electron chi connectivity index (χ3n) is 2.73. The molecular weight excluding hydrogens is 312 g/mol. The van der Waals surface area contributed by atoms with E-state index in [1.807, 2.05) is 0 Å². The summed E-state index contributed by atoms with van der Waals surface area (Å²) in [5.41, 5.74) is 0. The van der Waals surface area contributed by atoms with Crippen LogP contribution in [-0.4, -0.2) is 32.2 Å². The lowest BCUT2D eigenvalue weighted by Crippen LogP contribution is -2.31. The molecule has 2 aromatic rings. The van der Waals surface area contributed by atoms with Crippen LogP contribution in [0.3, 0.4) is 0 Å². The molecule has 116 valence electrons. The van der Waals surface area contributed by atoms with E-state index in [0.29, 0.717) is 5.82 Å². The van der Waals surface area contributed by atoms with Crippen LogP contribution in [0.1, 0.15) is 16.4 Å². The van der Waals surface area contributed by atoms with Crippen molar-refractivity contribution in [3.05, 3.63) is 46.3 Å². The number of thiocarbonyl (C=S) groups is 1. The van der Waals surface area contributed by atoms with E-state index in [1.54, 1.807) is 13.0 Å². The molecule has 1 N–H and O–H groups in total. The second-order valence-corrected chi connectivity index (χ2v) is 4.51. The largest absolute Gasteiger partial charge is 0.467 e. The molecule has 0 saturated carbocycles.